The van der Waals surface area contributed by atoms with Crippen molar-refractivity contribution in [2.75, 3.05) is 20.8 Å². The Hall–Kier alpha value is -5.05. The molecule has 11 nitrogen and oxygen atoms in total. The van der Waals surface area contributed by atoms with Gasteiger partial charge < -0.3 is 28.0 Å². The van der Waals surface area contributed by atoms with E-state index in [9.17, 15) is 9.59 Å². The van der Waals surface area contributed by atoms with Gasteiger partial charge in [-0.05, 0) is 87.2 Å². The van der Waals surface area contributed by atoms with Crippen molar-refractivity contribution in [2.24, 2.45) is 0 Å². The molecule has 2 unspecified atom stereocenters. The number of H-pyrrole nitrogens is 1. The maximum Gasteiger partial charge on any atom is 0.330 e. The number of terminal acetylenes is 1. The summed E-state index contributed by atoms with van der Waals surface area (Å²) in [5.74, 6) is 4.17. The van der Waals surface area contributed by atoms with Crippen molar-refractivity contribution in [3.05, 3.63) is 164 Å². The topological polar surface area (TPSA) is 113 Å². The summed E-state index contributed by atoms with van der Waals surface area (Å²) in [4.78, 5) is 28.1. The lowest BCUT2D eigenvalue weighted by atomic mass is 9.80. The van der Waals surface area contributed by atoms with Gasteiger partial charge in [-0.15, -0.1) is 6.42 Å². The van der Waals surface area contributed by atoms with E-state index in [-0.39, 0.29) is 31.7 Å². The Bertz CT molecular complexity index is 2210. The molecular formula is C46H52N3O8P. The predicted molar refractivity (Wildman–Crippen MR) is 226 cm³/mol. The van der Waals surface area contributed by atoms with Crippen LogP contribution in [-0.2, 0) is 30.7 Å². The maximum absolute atomic E-state index is 13.3. The summed E-state index contributed by atoms with van der Waals surface area (Å²) < 4.78 is 42.6. The molecule has 304 valence electrons. The van der Waals surface area contributed by atoms with Gasteiger partial charge in [0.05, 0.1) is 33.5 Å². The highest BCUT2D eigenvalue weighted by molar-refractivity contribution is 7.44. The standard InChI is InChI=1S/C46H52N3O8P/c1-9-34-15-13-14-16-35(34)29-55-58(49(31(2)3)32(4)5)57-41-27-43(48-28-33(6)44(50)47-45(48)51)56-42(41)30-54-46(36-17-11-10-12-18-36,37-19-23-39(52-7)24-20-37)38-21-25-40(53-8)26-22-38/h1,10-26,28,31-32,41-43H,27,29-30H2,2-8H3,(H,47,50,51)/t41?,42-,43-,58?/m1/s1. The zero-order valence-electron chi connectivity index (χ0n) is 34.1. The van der Waals surface area contributed by atoms with Gasteiger partial charge in [-0.1, -0.05) is 78.7 Å². The van der Waals surface area contributed by atoms with Gasteiger partial charge in [0.15, 0.2) is 0 Å². The molecule has 6 rings (SSSR count). The van der Waals surface area contributed by atoms with Gasteiger partial charge in [-0.3, -0.25) is 14.3 Å². The van der Waals surface area contributed by atoms with E-state index in [0.29, 0.717) is 17.1 Å². The predicted octanol–water partition coefficient (Wildman–Crippen LogP) is 8.09. The number of aromatic nitrogens is 2. The molecular weight excluding hydrogens is 753 g/mol. The minimum absolute atomic E-state index is 0.0393. The molecule has 58 heavy (non-hydrogen) atoms. The number of hydrogen-bond donors (Lipinski definition) is 1. The summed E-state index contributed by atoms with van der Waals surface area (Å²) in [5, 5.41) is 0. The summed E-state index contributed by atoms with van der Waals surface area (Å²) in [7, 11) is 1.55. The zero-order chi connectivity index (χ0) is 41.4. The molecule has 4 atom stereocenters. The highest BCUT2D eigenvalue weighted by Crippen LogP contribution is 2.51. The Balaban J connectivity index is 1.43. The summed E-state index contributed by atoms with van der Waals surface area (Å²) >= 11 is 0. The number of aryl methyl sites for hydroxylation is 1. The van der Waals surface area contributed by atoms with Crippen molar-refractivity contribution in [3.8, 4) is 23.8 Å². The first-order valence-corrected chi connectivity index (χ1v) is 20.5. The molecule has 0 bridgehead atoms. The molecule has 12 heteroatoms. The van der Waals surface area contributed by atoms with E-state index in [1.165, 1.54) is 10.8 Å². The summed E-state index contributed by atoms with van der Waals surface area (Å²) in [5.41, 5.74) is 2.42. The minimum Gasteiger partial charge on any atom is -0.497 e. The number of hydrogen-bond acceptors (Lipinski definition) is 9. The van der Waals surface area contributed by atoms with Crippen LogP contribution in [0.1, 0.15) is 73.7 Å². The lowest BCUT2D eigenvalue weighted by Gasteiger charge is -2.39. The molecule has 0 amide bonds. The van der Waals surface area contributed by atoms with E-state index in [1.807, 2.05) is 103 Å². The average Bonchev–Trinajstić information content (AvgIpc) is 3.63. The molecule has 0 spiro atoms. The molecule has 1 N–H and O–H groups in total. The van der Waals surface area contributed by atoms with Gasteiger partial charge in [0, 0.05) is 35.8 Å². The van der Waals surface area contributed by atoms with Crippen LogP contribution in [0, 0.1) is 19.3 Å². The molecule has 1 aromatic heterocycles. The number of rotatable bonds is 17. The SMILES string of the molecule is C#Cc1ccccc1COP(OC1C[C@H](n2cc(C)c(=O)[nH]c2=O)O[C@@H]1COC(c1ccccc1)(c1ccc(OC)cc1)c1ccc(OC)cc1)N(C(C)C)C(C)C. The summed E-state index contributed by atoms with van der Waals surface area (Å²) in [6.07, 6.45) is 5.57. The smallest absolute Gasteiger partial charge is 0.330 e. The molecule has 1 saturated heterocycles. The lowest BCUT2D eigenvalue weighted by molar-refractivity contribution is -0.0926. The molecule has 5 aromatic rings. The van der Waals surface area contributed by atoms with Gasteiger partial charge in [-0.25, -0.2) is 9.46 Å². The van der Waals surface area contributed by atoms with Gasteiger partial charge in [-0.2, -0.15) is 0 Å². The molecule has 1 aliphatic heterocycles. The van der Waals surface area contributed by atoms with Crippen LogP contribution < -0.4 is 20.7 Å². The number of ether oxygens (including phenoxy) is 4. The van der Waals surface area contributed by atoms with E-state index in [0.717, 1.165) is 27.8 Å². The maximum atomic E-state index is 13.3. The zero-order valence-corrected chi connectivity index (χ0v) is 35.0. The second-order valence-corrected chi connectivity index (χ2v) is 16.1. The number of methoxy groups -OCH3 is 2. The highest BCUT2D eigenvalue weighted by atomic mass is 31.2. The van der Waals surface area contributed by atoms with Crippen LogP contribution in [0.15, 0.2) is 119 Å². The highest BCUT2D eigenvalue weighted by Gasteiger charge is 2.45. The molecule has 1 aliphatic rings. The Morgan fingerprint density at radius 3 is 2.00 bits per heavy atom. The van der Waals surface area contributed by atoms with Crippen LogP contribution in [0.3, 0.4) is 0 Å². The van der Waals surface area contributed by atoms with Crippen molar-refractivity contribution >= 4 is 8.53 Å². The number of benzene rings is 4. The number of nitrogens with one attached hydrogen (secondary N) is 1. The second kappa shape index (κ2) is 19.1. The lowest BCUT2D eigenvalue weighted by Crippen LogP contribution is -2.39. The fraction of sp³-hybridized carbons (Fsp3) is 0.348. The quantitative estimate of drug-likeness (QED) is 0.0566. The van der Waals surface area contributed by atoms with Crippen LogP contribution >= 0.6 is 8.53 Å². The third-order valence-electron chi connectivity index (χ3n) is 10.2. The summed E-state index contributed by atoms with van der Waals surface area (Å²) in [6.45, 7) is 10.3. The third-order valence-corrected chi connectivity index (χ3v) is 12.4. The third kappa shape index (κ3) is 9.29. The largest absolute Gasteiger partial charge is 0.497 e. The fourth-order valence-corrected chi connectivity index (χ4v) is 9.13. The second-order valence-electron chi connectivity index (χ2n) is 14.7. The molecule has 0 saturated carbocycles. The van der Waals surface area contributed by atoms with Crippen molar-refractivity contribution in [1.82, 2.24) is 14.2 Å². The Morgan fingerprint density at radius 2 is 1.43 bits per heavy atom. The van der Waals surface area contributed by atoms with E-state index >= 15 is 0 Å². The van der Waals surface area contributed by atoms with E-state index < -0.39 is 43.8 Å². The van der Waals surface area contributed by atoms with Gasteiger partial charge in [0.25, 0.3) is 14.1 Å². The van der Waals surface area contributed by atoms with Crippen molar-refractivity contribution in [2.45, 2.75) is 83.8 Å². The van der Waals surface area contributed by atoms with Gasteiger partial charge in [0.1, 0.15) is 29.4 Å². The molecule has 1 fully saturated rings. The van der Waals surface area contributed by atoms with Crippen LogP contribution in [0.25, 0.3) is 0 Å². The molecule has 0 radical (unpaired) electrons. The van der Waals surface area contributed by atoms with E-state index in [2.05, 4.69) is 43.3 Å². The Morgan fingerprint density at radius 1 is 0.862 bits per heavy atom. The fourth-order valence-electron chi connectivity index (χ4n) is 7.37. The van der Waals surface area contributed by atoms with E-state index in [4.69, 9.17) is 34.4 Å². The van der Waals surface area contributed by atoms with Gasteiger partial charge >= 0.3 is 5.69 Å². The van der Waals surface area contributed by atoms with Crippen molar-refractivity contribution < 1.29 is 28.0 Å². The van der Waals surface area contributed by atoms with E-state index in [1.54, 1.807) is 21.1 Å². The van der Waals surface area contributed by atoms with Gasteiger partial charge in [0.2, 0.25) is 0 Å². The van der Waals surface area contributed by atoms with Crippen molar-refractivity contribution in [1.29, 1.82) is 0 Å². The van der Waals surface area contributed by atoms with Crippen molar-refractivity contribution in [3.63, 3.8) is 0 Å². The van der Waals surface area contributed by atoms with Crippen LogP contribution in [-0.4, -0.2) is 59.3 Å². The number of nitrogens with zero attached hydrogens (tertiary/aromatic N) is 2. The van der Waals surface area contributed by atoms with Crippen LogP contribution in [0.2, 0.25) is 0 Å². The Kier molecular flexibility index (Phi) is 14.0. The van der Waals surface area contributed by atoms with Crippen LogP contribution in [0.5, 0.6) is 11.5 Å². The minimum atomic E-state index is -1.71. The Labute approximate surface area is 341 Å². The molecule has 0 aliphatic carbocycles. The first kappa shape index (κ1) is 42.6. The normalized spacial score (nSPS) is 17.4. The number of aromatic amines is 1. The summed E-state index contributed by atoms with van der Waals surface area (Å²) in [6, 6.07) is 33.4. The molecule has 4 aromatic carbocycles. The van der Waals surface area contributed by atoms with Crippen LogP contribution in [0.4, 0.5) is 0 Å². The first-order valence-electron chi connectivity index (χ1n) is 19.4. The molecule has 2 heterocycles. The average molecular weight is 806 g/mol. The first-order chi connectivity index (χ1) is 28.0. The monoisotopic (exact) mass is 805 g/mol.